The minimum Gasteiger partial charge on any atom is -0.180 e. The topological polar surface area (TPSA) is 0 Å². The fourth-order valence-electron chi connectivity index (χ4n) is 0. The van der Waals surface area contributed by atoms with Gasteiger partial charge in [0.05, 0.1) is 0 Å². The average Bonchev–Trinajstić information content (AvgIpc) is 1.70. The first-order valence-electron chi connectivity index (χ1n) is 3.85. The average molecular weight is 150 g/mol. The van der Waals surface area contributed by atoms with Crippen LogP contribution in [0.4, 0.5) is 0 Å². The van der Waals surface area contributed by atoms with Gasteiger partial charge in [0.1, 0.15) is 0 Å². The highest BCUT2D eigenvalue weighted by atomic mass is 32.1. The van der Waals surface area contributed by atoms with Gasteiger partial charge in [0.25, 0.3) is 0 Å². The molecular weight excluding hydrogens is 128 g/mol. The van der Waals surface area contributed by atoms with E-state index in [1.54, 1.807) is 0 Å². The Morgan fingerprint density at radius 2 is 0.778 bits per heavy atom. The number of rotatable bonds is 0. The summed E-state index contributed by atoms with van der Waals surface area (Å²) in [5.41, 5.74) is 0. The van der Waals surface area contributed by atoms with E-state index in [2.05, 4.69) is 40.3 Å². The Labute approximate surface area is 66.5 Å². The van der Waals surface area contributed by atoms with Crippen LogP contribution in [-0.2, 0) is 0 Å². The van der Waals surface area contributed by atoms with Gasteiger partial charge in [-0.25, -0.2) is 0 Å². The zero-order valence-electron chi connectivity index (χ0n) is 7.57. The maximum absolute atomic E-state index is 3.79. The second-order valence-electron chi connectivity index (χ2n) is 1.73. The molecule has 0 fully saturated rings. The molecule has 60 valence electrons. The molecule has 0 N–H and O–H groups in total. The minimum absolute atomic E-state index is 0.944. The van der Waals surface area contributed by atoms with Crippen LogP contribution in [0.5, 0.6) is 0 Å². The van der Waals surface area contributed by atoms with E-state index in [0.717, 1.165) is 5.75 Å². The molecule has 0 saturated heterocycles. The normalized spacial score (nSPS) is 6.00. The molecule has 0 atom stereocenters. The predicted octanol–water partition coefficient (Wildman–Crippen LogP) is 3.77. The number of thiol groups is 1. The lowest BCUT2D eigenvalue weighted by Crippen LogP contribution is -1.36. The van der Waals surface area contributed by atoms with E-state index in [4.69, 9.17) is 0 Å². The van der Waals surface area contributed by atoms with Crippen molar-refractivity contribution in [1.82, 2.24) is 0 Å². The Hall–Kier alpha value is 0.350. The van der Waals surface area contributed by atoms with E-state index in [0.29, 0.717) is 0 Å². The molecule has 0 aromatic carbocycles. The van der Waals surface area contributed by atoms with Gasteiger partial charge in [-0.15, -0.1) is 0 Å². The third-order valence-corrected chi connectivity index (χ3v) is 0. The van der Waals surface area contributed by atoms with Crippen molar-refractivity contribution in [2.75, 3.05) is 5.75 Å². The highest BCUT2D eigenvalue weighted by molar-refractivity contribution is 7.80. The molecule has 0 rings (SSSR count). The highest BCUT2D eigenvalue weighted by Crippen LogP contribution is 1.58. The van der Waals surface area contributed by atoms with E-state index in [1.807, 2.05) is 6.92 Å². The Balaban J connectivity index is -0.0000000600. The van der Waals surface area contributed by atoms with Crippen LogP contribution in [0.15, 0.2) is 0 Å². The third kappa shape index (κ3) is 2750. The molecule has 0 aliphatic rings. The van der Waals surface area contributed by atoms with Crippen molar-refractivity contribution in [3.05, 3.63) is 0 Å². The first kappa shape index (κ1) is 16.2. The van der Waals surface area contributed by atoms with Gasteiger partial charge < -0.3 is 0 Å². The molecule has 0 aliphatic carbocycles. The molecule has 0 aromatic rings. The zero-order valence-corrected chi connectivity index (χ0v) is 8.46. The molecule has 0 amide bonds. The monoisotopic (exact) mass is 150 g/mol. The van der Waals surface area contributed by atoms with Crippen molar-refractivity contribution in [2.45, 2.75) is 47.5 Å². The van der Waals surface area contributed by atoms with Gasteiger partial charge in [0.2, 0.25) is 0 Å². The van der Waals surface area contributed by atoms with Crippen molar-refractivity contribution in [3.63, 3.8) is 0 Å². The molecule has 0 aromatic heterocycles. The van der Waals surface area contributed by atoms with Gasteiger partial charge in [-0.3, -0.25) is 0 Å². The summed E-state index contributed by atoms with van der Waals surface area (Å²) in [7, 11) is 0. The number of hydrogen-bond donors (Lipinski definition) is 1. The summed E-state index contributed by atoms with van der Waals surface area (Å²) in [6.07, 6.45) is 2.50. The molecule has 0 aliphatic heterocycles. The van der Waals surface area contributed by atoms with E-state index in [9.17, 15) is 0 Å². The zero-order chi connectivity index (χ0) is 8.12. The van der Waals surface area contributed by atoms with Gasteiger partial charge in [-0.05, 0) is 5.75 Å². The summed E-state index contributed by atoms with van der Waals surface area (Å²) in [5.74, 6) is 0.944. The van der Waals surface area contributed by atoms with Gasteiger partial charge >= 0.3 is 0 Å². The van der Waals surface area contributed by atoms with E-state index < -0.39 is 0 Å². The lowest BCUT2D eigenvalue weighted by Gasteiger charge is -1.48. The standard InChI is InChI=1S/2C3H8.C2H6S/c2*1-3-2;1-2-3/h2*3H2,1-2H3;3H,2H2,1H3. The molecule has 0 saturated carbocycles. The summed E-state index contributed by atoms with van der Waals surface area (Å²) >= 11 is 3.79. The van der Waals surface area contributed by atoms with Gasteiger partial charge in [0, 0.05) is 0 Å². The van der Waals surface area contributed by atoms with Crippen LogP contribution in [0.3, 0.4) is 0 Å². The summed E-state index contributed by atoms with van der Waals surface area (Å²) in [5, 5.41) is 0. The Kier molecular flexibility index (Phi) is 72.2. The summed E-state index contributed by atoms with van der Waals surface area (Å²) in [6, 6.07) is 0. The van der Waals surface area contributed by atoms with Gasteiger partial charge in [0.15, 0.2) is 0 Å². The molecule has 0 nitrogen and oxygen atoms in total. The van der Waals surface area contributed by atoms with Crippen molar-refractivity contribution in [1.29, 1.82) is 0 Å². The van der Waals surface area contributed by atoms with Crippen LogP contribution in [0.1, 0.15) is 47.5 Å². The van der Waals surface area contributed by atoms with E-state index in [-0.39, 0.29) is 0 Å². The second kappa shape index (κ2) is 40.2. The van der Waals surface area contributed by atoms with Crippen LogP contribution in [0.2, 0.25) is 0 Å². The van der Waals surface area contributed by atoms with Crippen molar-refractivity contribution in [2.24, 2.45) is 0 Å². The summed E-state index contributed by atoms with van der Waals surface area (Å²) in [6.45, 7) is 10.5. The van der Waals surface area contributed by atoms with E-state index in [1.165, 1.54) is 12.8 Å². The maximum Gasteiger partial charge on any atom is -0.0126 e. The van der Waals surface area contributed by atoms with Crippen molar-refractivity contribution >= 4 is 12.6 Å². The predicted molar refractivity (Wildman–Crippen MR) is 51.5 cm³/mol. The molecule has 0 heterocycles. The maximum atomic E-state index is 3.79. The van der Waals surface area contributed by atoms with Crippen LogP contribution >= 0.6 is 12.6 Å². The SMILES string of the molecule is CCC.CCC.CCS. The lowest BCUT2D eigenvalue weighted by molar-refractivity contribution is 1.09. The highest BCUT2D eigenvalue weighted by Gasteiger charge is 1.36. The van der Waals surface area contributed by atoms with Gasteiger partial charge in [-0.1, -0.05) is 47.5 Å². The second-order valence-corrected chi connectivity index (χ2v) is 2.36. The quantitative estimate of drug-likeness (QED) is 0.499. The van der Waals surface area contributed by atoms with Crippen molar-refractivity contribution in [3.8, 4) is 0 Å². The molecule has 0 unspecified atom stereocenters. The number of hydrogen-bond acceptors (Lipinski definition) is 1. The van der Waals surface area contributed by atoms with Crippen molar-refractivity contribution < 1.29 is 0 Å². The Morgan fingerprint density at radius 1 is 0.778 bits per heavy atom. The fourth-order valence-corrected chi connectivity index (χ4v) is 0. The summed E-state index contributed by atoms with van der Waals surface area (Å²) in [4.78, 5) is 0. The Bertz CT molecular complexity index is 9.28. The van der Waals surface area contributed by atoms with E-state index >= 15 is 0 Å². The smallest absolute Gasteiger partial charge is 0.0126 e. The molecule has 0 spiro atoms. The largest absolute Gasteiger partial charge is 0.180 e. The van der Waals surface area contributed by atoms with Crippen LogP contribution in [0, 0.1) is 0 Å². The lowest BCUT2D eigenvalue weighted by atomic mass is 10.6. The molecule has 0 radical (unpaired) electrons. The Morgan fingerprint density at radius 3 is 0.778 bits per heavy atom. The molecular formula is C8H22S. The molecule has 0 bridgehead atoms. The first-order valence-corrected chi connectivity index (χ1v) is 4.48. The van der Waals surface area contributed by atoms with Gasteiger partial charge in [-0.2, -0.15) is 12.6 Å². The minimum atomic E-state index is 0.944. The van der Waals surface area contributed by atoms with Crippen LogP contribution < -0.4 is 0 Å². The first-order chi connectivity index (χ1) is 4.24. The molecule has 9 heavy (non-hydrogen) atoms. The summed E-state index contributed by atoms with van der Waals surface area (Å²) < 4.78 is 0. The van der Waals surface area contributed by atoms with Crippen LogP contribution in [0.25, 0.3) is 0 Å². The van der Waals surface area contributed by atoms with Crippen LogP contribution in [-0.4, -0.2) is 5.75 Å². The fraction of sp³-hybridized carbons (Fsp3) is 1.00. The third-order valence-electron chi connectivity index (χ3n) is 0. The molecule has 1 heteroatoms.